The predicted octanol–water partition coefficient (Wildman–Crippen LogP) is 2.76. The van der Waals surface area contributed by atoms with Gasteiger partial charge in [0, 0.05) is 23.4 Å². The lowest BCUT2D eigenvalue weighted by Crippen LogP contribution is -2.38. The van der Waals surface area contributed by atoms with E-state index in [2.05, 4.69) is 33.1 Å². The molecule has 38 heavy (non-hydrogen) atoms. The number of carbonyl (C=O) groups excluding carboxylic acids is 1. The molecule has 6 rings (SSSR count). The molecule has 6 atom stereocenters. The first-order valence-electron chi connectivity index (χ1n) is 12.8. The van der Waals surface area contributed by atoms with E-state index in [0.717, 1.165) is 11.3 Å². The van der Waals surface area contributed by atoms with Gasteiger partial charge in [-0.15, -0.1) is 5.10 Å². The normalized spacial score (nSPS) is 26.4. The van der Waals surface area contributed by atoms with E-state index in [1.54, 1.807) is 0 Å². The first kappa shape index (κ1) is 24.8. The zero-order chi connectivity index (χ0) is 26.2. The van der Waals surface area contributed by atoms with Crippen molar-refractivity contribution in [2.24, 2.45) is 5.92 Å². The number of aromatic nitrogens is 5. The van der Waals surface area contributed by atoms with E-state index in [0.29, 0.717) is 34.6 Å². The fourth-order valence-corrected chi connectivity index (χ4v) is 5.96. The first-order chi connectivity index (χ1) is 18.5. The summed E-state index contributed by atoms with van der Waals surface area (Å²) in [5, 5.41) is 37.0. The van der Waals surface area contributed by atoms with E-state index in [4.69, 9.17) is 9.97 Å². The first-order valence-corrected chi connectivity index (χ1v) is 13.7. The van der Waals surface area contributed by atoms with Gasteiger partial charge in [-0.3, -0.25) is 4.79 Å². The van der Waals surface area contributed by atoms with Crippen molar-refractivity contribution in [1.82, 2.24) is 30.3 Å². The van der Waals surface area contributed by atoms with Crippen LogP contribution in [0.15, 0.2) is 70.7 Å². The lowest BCUT2D eigenvalue weighted by atomic mass is 10.0. The molecule has 196 valence electrons. The Kier molecular flexibility index (Phi) is 6.73. The largest absolute Gasteiger partial charge is 0.390 e. The van der Waals surface area contributed by atoms with E-state index in [9.17, 15) is 15.0 Å². The number of fused-ring (bicyclic) bond motifs is 1. The topological polar surface area (TPSA) is 138 Å². The summed E-state index contributed by atoms with van der Waals surface area (Å²) in [6.07, 6.45) is -1.19. The van der Waals surface area contributed by atoms with E-state index in [1.165, 1.54) is 22.0 Å². The van der Waals surface area contributed by atoms with E-state index in [1.807, 2.05) is 55.5 Å². The minimum absolute atomic E-state index is 0.205. The number of hydrogen-bond donors (Lipinski definition) is 4. The van der Waals surface area contributed by atoms with Crippen LogP contribution in [-0.4, -0.2) is 65.9 Å². The molecule has 0 bridgehead atoms. The van der Waals surface area contributed by atoms with Crippen LogP contribution in [0.4, 0.5) is 5.82 Å². The van der Waals surface area contributed by atoms with Crippen LogP contribution >= 0.6 is 11.8 Å². The third-order valence-electron chi connectivity index (χ3n) is 7.25. The van der Waals surface area contributed by atoms with Crippen LogP contribution in [0.25, 0.3) is 11.2 Å². The number of rotatable bonds is 8. The molecule has 0 radical (unpaired) electrons. The van der Waals surface area contributed by atoms with Crippen molar-refractivity contribution in [2.75, 3.05) is 11.9 Å². The number of nitrogens with zero attached hydrogens (tertiary/aromatic N) is 5. The summed E-state index contributed by atoms with van der Waals surface area (Å²) in [6.45, 7) is 2.26. The molecule has 2 saturated carbocycles. The van der Waals surface area contributed by atoms with Gasteiger partial charge < -0.3 is 20.8 Å². The number of aliphatic hydroxyl groups is 2. The quantitative estimate of drug-likeness (QED) is 0.253. The Morgan fingerprint density at radius 1 is 1.03 bits per heavy atom. The van der Waals surface area contributed by atoms with Gasteiger partial charge in [-0.05, 0) is 49.2 Å². The number of anilines is 1. The maximum absolute atomic E-state index is 12.5. The Bertz CT molecular complexity index is 1430. The highest BCUT2D eigenvalue weighted by molar-refractivity contribution is 7.99. The summed E-state index contributed by atoms with van der Waals surface area (Å²) in [4.78, 5) is 23.0. The molecule has 2 aliphatic rings. The fraction of sp³-hybridized carbons (Fsp3) is 0.370. The van der Waals surface area contributed by atoms with Crippen molar-refractivity contribution in [2.45, 2.75) is 60.0 Å². The van der Waals surface area contributed by atoms with Gasteiger partial charge in [0.1, 0.15) is 6.10 Å². The van der Waals surface area contributed by atoms with Crippen molar-refractivity contribution in [3.63, 3.8) is 0 Å². The summed E-state index contributed by atoms with van der Waals surface area (Å²) < 4.78 is 1.53. The van der Waals surface area contributed by atoms with Crippen LogP contribution in [0.1, 0.15) is 37.3 Å². The lowest BCUT2D eigenvalue weighted by molar-refractivity contribution is -0.128. The SMILES string of the molecule is CCNC(=O)C1CC(n2nnc3c(NC4CC4c4ccccc4)nc(Sc4ccccc4)nc32)C(O)C1O. The van der Waals surface area contributed by atoms with Crippen LogP contribution in [0, 0.1) is 5.92 Å². The fourth-order valence-electron chi connectivity index (χ4n) is 5.19. The van der Waals surface area contributed by atoms with Crippen molar-refractivity contribution in [3.8, 4) is 0 Å². The summed E-state index contributed by atoms with van der Waals surface area (Å²) in [6, 6.07) is 19.8. The average Bonchev–Trinajstić information content (AvgIpc) is 3.47. The van der Waals surface area contributed by atoms with Crippen molar-refractivity contribution >= 4 is 34.7 Å². The van der Waals surface area contributed by atoms with E-state index < -0.39 is 24.2 Å². The molecule has 4 N–H and O–H groups in total. The van der Waals surface area contributed by atoms with Gasteiger partial charge in [-0.25, -0.2) is 14.6 Å². The highest BCUT2D eigenvalue weighted by Gasteiger charge is 2.47. The third kappa shape index (κ3) is 4.72. The third-order valence-corrected chi connectivity index (χ3v) is 8.12. The second-order valence-corrected chi connectivity index (χ2v) is 10.8. The van der Waals surface area contributed by atoms with Gasteiger partial charge in [0.25, 0.3) is 0 Å². The summed E-state index contributed by atoms with van der Waals surface area (Å²) in [5.74, 6) is -0.0728. The van der Waals surface area contributed by atoms with Gasteiger partial charge in [0.15, 0.2) is 22.1 Å². The Labute approximate surface area is 223 Å². The van der Waals surface area contributed by atoms with Gasteiger partial charge in [-0.1, -0.05) is 53.7 Å². The highest BCUT2D eigenvalue weighted by atomic mass is 32.2. The molecular weight excluding hydrogens is 502 g/mol. The molecule has 10 nitrogen and oxygen atoms in total. The molecule has 2 fully saturated rings. The van der Waals surface area contributed by atoms with E-state index >= 15 is 0 Å². The maximum atomic E-state index is 12.5. The average molecular weight is 532 g/mol. The number of benzene rings is 2. The molecule has 0 aliphatic heterocycles. The minimum Gasteiger partial charge on any atom is -0.390 e. The summed E-state index contributed by atoms with van der Waals surface area (Å²) in [7, 11) is 0. The standard InChI is InChI=1S/C27H29N7O3S/c1-2-28-26(37)18-14-20(23(36)22(18)35)34-25-21(32-33-34)24(29-19-13-17(19)15-9-5-3-6-10-15)30-27(31-25)38-16-11-7-4-8-12-16/h3-12,17-20,22-23,35-36H,2,13-14H2,1H3,(H,28,37)(H,29,30,31). The maximum Gasteiger partial charge on any atom is 0.225 e. The van der Waals surface area contributed by atoms with Crippen LogP contribution in [0.5, 0.6) is 0 Å². The number of aliphatic hydroxyl groups excluding tert-OH is 2. The van der Waals surface area contributed by atoms with Gasteiger partial charge in [-0.2, -0.15) is 0 Å². The Morgan fingerprint density at radius 3 is 2.50 bits per heavy atom. The zero-order valence-corrected chi connectivity index (χ0v) is 21.6. The zero-order valence-electron chi connectivity index (χ0n) is 20.8. The molecule has 0 spiro atoms. The van der Waals surface area contributed by atoms with Gasteiger partial charge in [0.2, 0.25) is 5.91 Å². The van der Waals surface area contributed by atoms with E-state index in [-0.39, 0.29) is 18.4 Å². The smallest absolute Gasteiger partial charge is 0.225 e. The number of hydrogen-bond acceptors (Lipinski definition) is 9. The Hall–Kier alpha value is -3.54. The van der Waals surface area contributed by atoms with Gasteiger partial charge in [0.05, 0.1) is 18.1 Å². The van der Waals surface area contributed by atoms with Crippen LogP contribution in [0.2, 0.25) is 0 Å². The monoisotopic (exact) mass is 531 g/mol. The molecule has 2 aromatic heterocycles. The Balaban J connectivity index is 1.34. The molecule has 0 saturated heterocycles. The number of carbonyl (C=O) groups is 1. The molecule has 11 heteroatoms. The predicted molar refractivity (Wildman–Crippen MR) is 143 cm³/mol. The van der Waals surface area contributed by atoms with Crippen molar-refractivity contribution in [1.29, 1.82) is 0 Å². The summed E-state index contributed by atoms with van der Waals surface area (Å²) in [5.41, 5.74) is 2.22. The lowest BCUT2D eigenvalue weighted by Gasteiger charge is -2.17. The van der Waals surface area contributed by atoms with Crippen LogP contribution in [0.3, 0.4) is 0 Å². The number of amides is 1. The van der Waals surface area contributed by atoms with Crippen molar-refractivity contribution in [3.05, 3.63) is 66.2 Å². The van der Waals surface area contributed by atoms with Crippen LogP contribution in [-0.2, 0) is 4.79 Å². The molecule has 2 aromatic carbocycles. The summed E-state index contributed by atoms with van der Waals surface area (Å²) >= 11 is 1.42. The molecule has 6 unspecified atom stereocenters. The second-order valence-electron chi connectivity index (χ2n) is 9.77. The molecule has 4 aromatic rings. The Morgan fingerprint density at radius 2 is 1.76 bits per heavy atom. The van der Waals surface area contributed by atoms with Gasteiger partial charge >= 0.3 is 0 Å². The second kappa shape index (κ2) is 10.3. The van der Waals surface area contributed by atoms with Crippen molar-refractivity contribution < 1.29 is 15.0 Å². The molecule has 2 aliphatic carbocycles. The molecule has 2 heterocycles. The molecular formula is C27H29N7O3S. The highest BCUT2D eigenvalue weighted by Crippen LogP contribution is 2.44. The molecule has 1 amide bonds. The van der Waals surface area contributed by atoms with Crippen LogP contribution < -0.4 is 10.6 Å². The minimum atomic E-state index is -1.21. The number of nitrogens with one attached hydrogen (secondary N) is 2.